The van der Waals surface area contributed by atoms with Gasteiger partial charge in [-0.3, -0.25) is 14.9 Å². The Balaban J connectivity index is 2.28. The third-order valence-electron chi connectivity index (χ3n) is 3.61. The van der Waals surface area contributed by atoms with Gasteiger partial charge < -0.3 is 14.8 Å². The second-order valence-corrected chi connectivity index (χ2v) is 6.71. The quantitative estimate of drug-likeness (QED) is 0.364. The first kappa shape index (κ1) is 20.0. The molecule has 0 aliphatic heterocycles. The van der Waals surface area contributed by atoms with Crippen molar-refractivity contribution in [3.05, 3.63) is 55.1 Å². The van der Waals surface area contributed by atoms with Gasteiger partial charge in [0.2, 0.25) is 0 Å². The van der Waals surface area contributed by atoms with Crippen molar-refractivity contribution in [2.45, 2.75) is 20.3 Å². The number of carbonyl (C=O) groups is 1. The zero-order valence-electron chi connectivity index (χ0n) is 14.7. The number of ether oxygens (including phenoxy) is 2. The predicted octanol–water partition coefficient (Wildman–Crippen LogP) is 4.56. The number of methoxy groups -OCH3 is 1. The number of benzene rings is 2. The van der Waals surface area contributed by atoms with Gasteiger partial charge in [-0.1, -0.05) is 13.0 Å². The largest absolute Gasteiger partial charge is 0.493 e. The highest BCUT2D eigenvalue weighted by molar-refractivity contribution is 14.1. The molecule has 0 heterocycles. The minimum Gasteiger partial charge on any atom is -0.493 e. The molecule has 0 saturated carbocycles. The molecule has 1 amide bonds. The number of nitrogens with zero attached hydrogens (tertiary/aromatic N) is 1. The van der Waals surface area contributed by atoms with Crippen LogP contribution >= 0.6 is 22.6 Å². The first-order valence-corrected chi connectivity index (χ1v) is 9.02. The van der Waals surface area contributed by atoms with Crippen LogP contribution in [0.5, 0.6) is 11.5 Å². The molecule has 8 heteroatoms. The fourth-order valence-electron chi connectivity index (χ4n) is 2.28. The molecule has 1 N–H and O–H groups in total. The molecule has 2 aromatic rings. The fraction of sp³-hybridized carbons (Fsp3) is 0.278. The van der Waals surface area contributed by atoms with Crippen LogP contribution in [0.25, 0.3) is 0 Å². The summed E-state index contributed by atoms with van der Waals surface area (Å²) in [5.41, 5.74) is 1.21. The number of anilines is 1. The molecule has 0 spiro atoms. The summed E-state index contributed by atoms with van der Waals surface area (Å²) in [7, 11) is 1.51. The van der Waals surface area contributed by atoms with Crippen molar-refractivity contribution in [1.29, 1.82) is 0 Å². The predicted molar refractivity (Wildman–Crippen MR) is 107 cm³/mol. The van der Waals surface area contributed by atoms with Crippen molar-refractivity contribution in [2.75, 3.05) is 19.0 Å². The average molecular weight is 470 g/mol. The highest BCUT2D eigenvalue weighted by Crippen LogP contribution is 2.34. The van der Waals surface area contributed by atoms with Gasteiger partial charge in [-0.05, 0) is 54.1 Å². The van der Waals surface area contributed by atoms with Crippen LogP contribution in [0.2, 0.25) is 0 Å². The van der Waals surface area contributed by atoms with E-state index in [4.69, 9.17) is 9.47 Å². The molecule has 138 valence electrons. The Hall–Kier alpha value is -2.36. The van der Waals surface area contributed by atoms with Crippen LogP contribution in [0.3, 0.4) is 0 Å². The summed E-state index contributed by atoms with van der Waals surface area (Å²) >= 11 is 2.08. The van der Waals surface area contributed by atoms with Crippen LogP contribution in [0.15, 0.2) is 30.3 Å². The number of nitrogens with one attached hydrogen (secondary N) is 1. The van der Waals surface area contributed by atoms with E-state index in [1.807, 2.05) is 6.92 Å². The highest BCUT2D eigenvalue weighted by atomic mass is 127. The first-order valence-electron chi connectivity index (χ1n) is 7.94. The van der Waals surface area contributed by atoms with E-state index >= 15 is 0 Å². The molecule has 0 fully saturated rings. The van der Waals surface area contributed by atoms with E-state index in [1.54, 1.807) is 31.2 Å². The van der Waals surface area contributed by atoms with Gasteiger partial charge in [-0.2, -0.15) is 0 Å². The summed E-state index contributed by atoms with van der Waals surface area (Å²) in [6.07, 6.45) is 0.855. The summed E-state index contributed by atoms with van der Waals surface area (Å²) in [6.45, 7) is 4.19. The van der Waals surface area contributed by atoms with Crippen molar-refractivity contribution >= 4 is 39.9 Å². The fourth-order valence-corrected chi connectivity index (χ4v) is 3.04. The van der Waals surface area contributed by atoms with Crippen molar-refractivity contribution in [1.82, 2.24) is 0 Å². The number of nitro groups is 1. The molecule has 0 aromatic heterocycles. The molecule has 0 bridgehead atoms. The number of carbonyl (C=O) groups excluding carboxylic acids is 1. The maximum atomic E-state index is 12.5. The summed E-state index contributed by atoms with van der Waals surface area (Å²) < 4.78 is 11.8. The molecule has 0 aliphatic rings. The van der Waals surface area contributed by atoms with Gasteiger partial charge in [0.1, 0.15) is 0 Å². The molecule has 0 aliphatic carbocycles. The lowest BCUT2D eigenvalue weighted by atomic mass is 10.1. The summed E-state index contributed by atoms with van der Waals surface area (Å²) in [5.74, 6) is 0.671. The lowest BCUT2D eigenvalue weighted by Crippen LogP contribution is -2.13. The third-order valence-corrected chi connectivity index (χ3v) is 4.41. The van der Waals surface area contributed by atoms with Crippen molar-refractivity contribution in [3.63, 3.8) is 0 Å². The summed E-state index contributed by atoms with van der Waals surface area (Å²) in [5, 5.41) is 13.7. The number of rotatable bonds is 7. The molecular weight excluding hydrogens is 451 g/mol. The van der Waals surface area contributed by atoms with Crippen LogP contribution in [0.4, 0.5) is 11.4 Å². The number of hydrogen-bond acceptors (Lipinski definition) is 5. The Labute approximate surface area is 165 Å². The number of hydrogen-bond donors (Lipinski definition) is 1. The van der Waals surface area contributed by atoms with Crippen molar-refractivity contribution in [2.24, 2.45) is 0 Å². The highest BCUT2D eigenvalue weighted by Gasteiger charge is 2.17. The van der Waals surface area contributed by atoms with E-state index in [9.17, 15) is 14.9 Å². The lowest BCUT2D eigenvalue weighted by Gasteiger charge is -2.14. The topological polar surface area (TPSA) is 90.7 Å². The van der Waals surface area contributed by atoms with E-state index in [2.05, 4.69) is 27.9 Å². The maximum Gasteiger partial charge on any atom is 0.274 e. The van der Waals surface area contributed by atoms with E-state index in [0.717, 1.165) is 9.99 Å². The average Bonchev–Trinajstić information content (AvgIpc) is 2.61. The molecule has 26 heavy (non-hydrogen) atoms. The number of nitro benzene ring substituents is 1. The summed E-state index contributed by atoms with van der Waals surface area (Å²) in [4.78, 5) is 23.1. The molecule has 0 saturated heterocycles. The molecule has 0 radical (unpaired) electrons. The van der Waals surface area contributed by atoms with Gasteiger partial charge in [-0.25, -0.2) is 0 Å². The van der Waals surface area contributed by atoms with Crippen LogP contribution in [-0.2, 0) is 0 Å². The number of amides is 1. The number of aryl methyl sites for hydroxylation is 1. The smallest absolute Gasteiger partial charge is 0.274 e. The monoisotopic (exact) mass is 470 g/mol. The molecule has 2 rings (SSSR count). The van der Waals surface area contributed by atoms with E-state index in [1.165, 1.54) is 13.2 Å². The van der Waals surface area contributed by atoms with Gasteiger partial charge in [0, 0.05) is 22.9 Å². The van der Waals surface area contributed by atoms with Gasteiger partial charge in [0.25, 0.3) is 11.6 Å². The molecule has 0 atom stereocenters. The standard InChI is InChI=1S/C18H19IN2O5/c1-4-7-26-17-14(19)8-12(9-16(17)25-3)18(22)20-13-6-5-11(2)15(10-13)21(23)24/h5-6,8-10H,4,7H2,1-3H3,(H,20,22). The van der Waals surface area contributed by atoms with E-state index in [-0.39, 0.29) is 11.6 Å². The lowest BCUT2D eigenvalue weighted by molar-refractivity contribution is -0.385. The van der Waals surface area contributed by atoms with Crippen LogP contribution in [-0.4, -0.2) is 24.5 Å². The van der Waals surface area contributed by atoms with Crippen LogP contribution < -0.4 is 14.8 Å². The van der Waals surface area contributed by atoms with E-state index in [0.29, 0.717) is 34.9 Å². The first-order chi connectivity index (χ1) is 12.4. The van der Waals surface area contributed by atoms with Crippen LogP contribution in [0, 0.1) is 20.6 Å². The second-order valence-electron chi connectivity index (χ2n) is 5.55. The Bertz CT molecular complexity index is 839. The maximum absolute atomic E-state index is 12.5. The molecule has 7 nitrogen and oxygen atoms in total. The zero-order chi connectivity index (χ0) is 19.3. The van der Waals surface area contributed by atoms with Gasteiger partial charge in [0.15, 0.2) is 11.5 Å². The Morgan fingerprint density at radius 2 is 2.04 bits per heavy atom. The van der Waals surface area contributed by atoms with E-state index < -0.39 is 4.92 Å². The number of halogens is 1. The zero-order valence-corrected chi connectivity index (χ0v) is 16.8. The molecule has 2 aromatic carbocycles. The molecular formula is C18H19IN2O5. The Morgan fingerprint density at radius 1 is 1.31 bits per heavy atom. The van der Waals surface area contributed by atoms with Crippen LogP contribution in [0.1, 0.15) is 29.3 Å². The normalized spacial score (nSPS) is 10.3. The van der Waals surface area contributed by atoms with Gasteiger partial charge in [0.05, 0.1) is 22.2 Å². The SMILES string of the molecule is CCCOc1c(I)cc(C(=O)Nc2ccc(C)c([N+](=O)[O-])c2)cc1OC. The second kappa shape index (κ2) is 8.84. The van der Waals surface area contributed by atoms with Gasteiger partial charge >= 0.3 is 0 Å². The minimum atomic E-state index is -0.475. The van der Waals surface area contributed by atoms with Gasteiger partial charge in [-0.15, -0.1) is 0 Å². The summed E-state index contributed by atoms with van der Waals surface area (Å²) in [6, 6.07) is 7.84. The van der Waals surface area contributed by atoms with Crippen molar-refractivity contribution < 1.29 is 19.2 Å². The minimum absolute atomic E-state index is 0.0433. The Morgan fingerprint density at radius 3 is 2.65 bits per heavy atom. The third kappa shape index (κ3) is 4.63. The van der Waals surface area contributed by atoms with Crippen molar-refractivity contribution in [3.8, 4) is 11.5 Å². The Kier molecular flexibility index (Phi) is 6.78. The molecule has 0 unspecified atom stereocenters.